The van der Waals surface area contributed by atoms with Crippen LogP contribution in [0.5, 0.6) is 0 Å². The molecule has 0 spiro atoms. The number of benzene rings is 1. The molecule has 2 rings (SSSR count). The molecule has 24 heavy (non-hydrogen) atoms. The van der Waals surface area contributed by atoms with Gasteiger partial charge in [-0.2, -0.15) is 0 Å². The second kappa shape index (κ2) is 8.11. The highest BCUT2D eigenvalue weighted by Gasteiger charge is 2.21. The van der Waals surface area contributed by atoms with Crippen LogP contribution in [0.25, 0.3) is 0 Å². The highest BCUT2D eigenvalue weighted by molar-refractivity contribution is 6.01. The molecular weight excluding hydrogens is 302 g/mol. The number of piperidine rings is 1. The Morgan fingerprint density at radius 3 is 2.33 bits per heavy atom. The fraction of sp³-hybridized carbons (Fsp3) is 0.474. The molecule has 1 fully saturated rings. The van der Waals surface area contributed by atoms with E-state index in [1.54, 1.807) is 31.3 Å². The summed E-state index contributed by atoms with van der Waals surface area (Å²) in [7, 11) is 5.69. The molecule has 0 atom stereocenters. The predicted octanol–water partition coefficient (Wildman–Crippen LogP) is 2.25. The first kappa shape index (κ1) is 18.2. The van der Waals surface area contributed by atoms with Crippen molar-refractivity contribution in [2.24, 2.45) is 5.92 Å². The Morgan fingerprint density at radius 1 is 1.21 bits per heavy atom. The van der Waals surface area contributed by atoms with Crippen LogP contribution >= 0.6 is 0 Å². The van der Waals surface area contributed by atoms with Gasteiger partial charge in [0, 0.05) is 31.9 Å². The lowest BCUT2D eigenvalue weighted by Crippen LogP contribution is -2.38. The van der Waals surface area contributed by atoms with Gasteiger partial charge in [-0.1, -0.05) is 6.58 Å². The molecule has 0 radical (unpaired) electrons. The number of anilines is 1. The number of hydrogen-bond donors (Lipinski definition) is 0. The van der Waals surface area contributed by atoms with Crippen LogP contribution in [-0.2, 0) is 4.79 Å². The maximum Gasteiger partial charge on any atom is 0.253 e. The van der Waals surface area contributed by atoms with Gasteiger partial charge >= 0.3 is 0 Å². The van der Waals surface area contributed by atoms with Crippen molar-refractivity contribution >= 4 is 17.5 Å². The summed E-state index contributed by atoms with van der Waals surface area (Å²) < 4.78 is 0. The second-order valence-electron chi connectivity index (χ2n) is 6.58. The van der Waals surface area contributed by atoms with Crippen LogP contribution in [0, 0.1) is 5.92 Å². The fourth-order valence-electron chi connectivity index (χ4n) is 3.03. The van der Waals surface area contributed by atoms with E-state index in [0.29, 0.717) is 11.5 Å². The summed E-state index contributed by atoms with van der Waals surface area (Å²) in [5.41, 5.74) is 1.39. The molecule has 0 bridgehead atoms. The van der Waals surface area contributed by atoms with Crippen LogP contribution in [0.3, 0.4) is 0 Å². The average molecular weight is 329 g/mol. The minimum absolute atomic E-state index is 0.0261. The van der Waals surface area contributed by atoms with Crippen molar-refractivity contribution in [1.82, 2.24) is 9.80 Å². The first-order valence-corrected chi connectivity index (χ1v) is 8.36. The summed E-state index contributed by atoms with van der Waals surface area (Å²) in [6.45, 7) is 6.48. The number of nitrogens with zero attached hydrogens (tertiary/aromatic N) is 3. The quantitative estimate of drug-likeness (QED) is 0.778. The van der Waals surface area contributed by atoms with Crippen molar-refractivity contribution in [3.63, 3.8) is 0 Å². The third-order valence-corrected chi connectivity index (χ3v) is 4.72. The zero-order valence-corrected chi connectivity index (χ0v) is 14.9. The van der Waals surface area contributed by atoms with Crippen LogP contribution in [0.2, 0.25) is 0 Å². The van der Waals surface area contributed by atoms with Gasteiger partial charge in [0.2, 0.25) is 5.91 Å². The zero-order chi connectivity index (χ0) is 17.7. The van der Waals surface area contributed by atoms with Gasteiger partial charge in [-0.15, -0.1) is 0 Å². The summed E-state index contributed by atoms with van der Waals surface area (Å²) in [6, 6.07) is 7.13. The third kappa shape index (κ3) is 4.45. The SMILES string of the molecule is C=CC(=O)N(C)c1ccc(C(=O)N(C)CC2CCN(C)CC2)cc1. The van der Waals surface area contributed by atoms with E-state index in [2.05, 4.69) is 18.5 Å². The number of likely N-dealkylation sites (tertiary alicyclic amines) is 1. The average Bonchev–Trinajstić information content (AvgIpc) is 2.61. The molecular formula is C19H27N3O2. The lowest BCUT2D eigenvalue weighted by atomic mass is 9.96. The van der Waals surface area contributed by atoms with Gasteiger partial charge in [-0.3, -0.25) is 9.59 Å². The highest BCUT2D eigenvalue weighted by atomic mass is 16.2. The van der Waals surface area contributed by atoms with Crippen molar-refractivity contribution in [3.8, 4) is 0 Å². The molecule has 130 valence electrons. The maximum absolute atomic E-state index is 12.6. The van der Waals surface area contributed by atoms with Crippen LogP contribution < -0.4 is 4.90 Å². The van der Waals surface area contributed by atoms with Gasteiger partial charge in [0.15, 0.2) is 0 Å². The van der Waals surface area contributed by atoms with Gasteiger partial charge in [-0.05, 0) is 69.2 Å². The Kier molecular flexibility index (Phi) is 6.15. The molecule has 1 aromatic carbocycles. The van der Waals surface area contributed by atoms with Crippen molar-refractivity contribution < 1.29 is 9.59 Å². The van der Waals surface area contributed by atoms with Crippen molar-refractivity contribution in [1.29, 1.82) is 0 Å². The number of carbonyl (C=O) groups excluding carboxylic acids is 2. The van der Waals surface area contributed by atoms with E-state index in [-0.39, 0.29) is 11.8 Å². The Bertz CT molecular complexity index is 589. The lowest BCUT2D eigenvalue weighted by molar-refractivity contribution is -0.113. The zero-order valence-electron chi connectivity index (χ0n) is 14.9. The monoisotopic (exact) mass is 329 g/mol. The van der Waals surface area contributed by atoms with Gasteiger partial charge < -0.3 is 14.7 Å². The molecule has 0 N–H and O–H groups in total. The molecule has 1 saturated heterocycles. The summed E-state index contributed by atoms with van der Waals surface area (Å²) in [4.78, 5) is 29.8. The van der Waals surface area contributed by atoms with E-state index < -0.39 is 0 Å². The molecule has 5 nitrogen and oxygen atoms in total. The number of hydrogen-bond acceptors (Lipinski definition) is 3. The molecule has 0 aromatic heterocycles. The molecule has 1 aliphatic rings. The largest absolute Gasteiger partial charge is 0.341 e. The van der Waals surface area contributed by atoms with Crippen molar-refractivity contribution in [3.05, 3.63) is 42.5 Å². The van der Waals surface area contributed by atoms with Crippen LogP contribution in [0.15, 0.2) is 36.9 Å². The summed E-state index contributed by atoms with van der Waals surface area (Å²) in [5.74, 6) is 0.428. The maximum atomic E-state index is 12.6. The summed E-state index contributed by atoms with van der Waals surface area (Å²) in [6.07, 6.45) is 3.55. The molecule has 5 heteroatoms. The van der Waals surface area contributed by atoms with Gasteiger partial charge in [-0.25, -0.2) is 0 Å². The van der Waals surface area contributed by atoms with Gasteiger partial charge in [0.1, 0.15) is 0 Å². The van der Waals surface area contributed by atoms with Gasteiger partial charge in [0.25, 0.3) is 5.91 Å². The molecule has 1 heterocycles. The number of carbonyl (C=O) groups is 2. The Morgan fingerprint density at radius 2 is 1.79 bits per heavy atom. The van der Waals surface area contributed by atoms with Crippen LogP contribution in [0.1, 0.15) is 23.2 Å². The molecule has 1 aliphatic heterocycles. The number of amides is 2. The summed E-state index contributed by atoms with van der Waals surface area (Å²) in [5, 5.41) is 0. The second-order valence-corrected chi connectivity index (χ2v) is 6.58. The number of rotatable bonds is 5. The first-order valence-electron chi connectivity index (χ1n) is 8.36. The van der Waals surface area contributed by atoms with Gasteiger partial charge in [0.05, 0.1) is 0 Å². The lowest BCUT2D eigenvalue weighted by Gasteiger charge is -2.31. The van der Waals surface area contributed by atoms with Crippen LogP contribution in [0.4, 0.5) is 5.69 Å². The predicted molar refractivity (Wildman–Crippen MR) is 97.2 cm³/mol. The van der Waals surface area contributed by atoms with Crippen molar-refractivity contribution in [2.75, 3.05) is 45.7 Å². The molecule has 0 aliphatic carbocycles. The minimum atomic E-state index is -0.173. The highest BCUT2D eigenvalue weighted by Crippen LogP contribution is 2.19. The molecule has 0 unspecified atom stereocenters. The van der Waals surface area contributed by atoms with E-state index in [1.807, 2.05) is 11.9 Å². The van der Waals surface area contributed by atoms with Crippen LogP contribution in [-0.4, -0.2) is 62.4 Å². The molecule has 2 amide bonds. The van der Waals surface area contributed by atoms with E-state index in [4.69, 9.17) is 0 Å². The fourth-order valence-corrected chi connectivity index (χ4v) is 3.03. The number of likely N-dealkylation sites (N-methyl/N-ethyl adjacent to an activating group) is 1. The van der Waals surface area contributed by atoms with E-state index in [0.717, 1.165) is 38.2 Å². The first-order chi connectivity index (χ1) is 11.4. The van der Waals surface area contributed by atoms with E-state index in [1.165, 1.54) is 11.0 Å². The smallest absolute Gasteiger partial charge is 0.253 e. The van der Waals surface area contributed by atoms with E-state index in [9.17, 15) is 9.59 Å². The minimum Gasteiger partial charge on any atom is -0.341 e. The van der Waals surface area contributed by atoms with Crippen molar-refractivity contribution in [2.45, 2.75) is 12.8 Å². The summed E-state index contributed by atoms with van der Waals surface area (Å²) >= 11 is 0. The topological polar surface area (TPSA) is 43.9 Å². The Hall–Kier alpha value is -2.14. The Balaban J connectivity index is 1.96. The molecule has 0 saturated carbocycles. The van der Waals surface area contributed by atoms with E-state index >= 15 is 0 Å². The molecule has 1 aromatic rings. The third-order valence-electron chi connectivity index (χ3n) is 4.72. The standard InChI is InChI=1S/C19H27N3O2/c1-5-18(23)22(4)17-8-6-16(7-9-17)19(24)21(3)14-15-10-12-20(2)13-11-15/h5-9,15H,1,10-14H2,2-4H3. The Labute approximate surface area is 144 Å². The normalized spacial score (nSPS) is 15.8.